The summed E-state index contributed by atoms with van der Waals surface area (Å²) in [6.07, 6.45) is 3.45. The van der Waals surface area contributed by atoms with Crippen LogP contribution in [0.4, 0.5) is 0 Å². The van der Waals surface area contributed by atoms with E-state index in [9.17, 15) is 4.79 Å². The van der Waals surface area contributed by atoms with Crippen molar-refractivity contribution in [3.8, 4) is 5.69 Å². The van der Waals surface area contributed by atoms with Crippen LogP contribution in [-0.2, 0) is 4.79 Å². The number of thioether (sulfide) groups is 1. The number of amidine groups is 2. The second-order valence-corrected chi connectivity index (χ2v) is 8.88. The average Bonchev–Trinajstić information content (AvgIpc) is 3.21. The molecule has 4 rings (SSSR count). The van der Waals surface area contributed by atoms with Crippen molar-refractivity contribution in [3.05, 3.63) is 56.8 Å². The maximum absolute atomic E-state index is 12.6. The molecule has 0 fully saturated rings. The predicted molar refractivity (Wildman–Crippen MR) is 125 cm³/mol. The number of hydrogen-bond donors (Lipinski definition) is 1. The lowest BCUT2D eigenvalue weighted by Crippen LogP contribution is -2.35. The van der Waals surface area contributed by atoms with Crippen LogP contribution >= 0.6 is 35.0 Å². The van der Waals surface area contributed by atoms with Crippen molar-refractivity contribution in [2.75, 3.05) is 0 Å². The van der Waals surface area contributed by atoms with Crippen LogP contribution in [-0.4, -0.2) is 31.5 Å². The van der Waals surface area contributed by atoms with Gasteiger partial charge in [-0.3, -0.25) is 10.2 Å². The third-order valence-electron chi connectivity index (χ3n) is 4.89. The standard InChI is InChI=1S/C21H19Cl2N5OS/c1-4-5-18-26-28-19(24)15(20(29)25-21(28)30-18)9-13-8-11(2)27(12(13)3)14-6-7-16(22)17(23)10-14/h6-10,24H,4-5H2,1-3H3/b15-9+,24-19?. The molecule has 1 aromatic carbocycles. The van der Waals surface area contributed by atoms with E-state index in [1.54, 1.807) is 18.2 Å². The molecule has 0 spiro atoms. The highest BCUT2D eigenvalue weighted by Gasteiger charge is 2.35. The van der Waals surface area contributed by atoms with Gasteiger partial charge in [-0.25, -0.2) is 0 Å². The molecule has 0 saturated carbocycles. The first-order valence-electron chi connectivity index (χ1n) is 9.43. The van der Waals surface area contributed by atoms with Crippen LogP contribution in [0.3, 0.4) is 0 Å². The van der Waals surface area contributed by atoms with Gasteiger partial charge in [0.15, 0.2) is 5.84 Å². The highest BCUT2D eigenvalue weighted by Crippen LogP contribution is 2.32. The summed E-state index contributed by atoms with van der Waals surface area (Å²) in [5.74, 6) is -0.381. The molecule has 0 atom stereocenters. The number of halogens is 2. The lowest BCUT2D eigenvalue weighted by molar-refractivity contribution is -0.114. The van der Waals surface area contributed by atoms with Crippen LogP contribution in [0.1, 0.15) is 36.7 Å². The van der Waals surface area contributed by atoms with E-state index < -0.39 is 5.91 Å². The monoisotopic (exact) mass is 459 g/mol. The van der Waals surface area contributed by atoms with E-state index in [1.807, 2.05) is 30.5 Å². The Kier molecular flexibility index (Phi) is 5.61. The van der Waals surface area contributed by atoms with Crippen molar-refractivity contribution in [2.45, 2.75) is 33.6 Å². The molecule has 6 nitrogen and oxygen atoms in total. The number of hydrazone groups is 1. The fraction of sp³-hybridized carbons (Fsp3) is 0.238. The fourth-order valence-corrected chi connectivity index (χ4v) is 4.74. The van der Waals surface area contributed by atoms with Gasteiger partial charge >= 0.3 is 0 Å². The van der Waals surface area contributed by atoms with Crippen molar-refractivity contribution < 1.29 is 4.79 Å². The molecule has 3 heterocycles. The minimum atomic E-state index is -0.425. The molecule has 0 saturated heterocycles. The molecule has 30 heavy (non-hydrogen) atoms. The number of hydrogen-bond acceptors (Lipinski definition) is 4. The third kappa shape index (κ3) is 3.62. The molecular weight excluding hydrogens is 441 g/mol. The molecule has 9 heteroatoms. The average molecular weight is 460 g/mol. The Bertz CT molecular complexity index is 1180. The fourth-order valence-electron chi connectivity index (χ4n) is 3.46. The molecule has 0 bridgehead atoms. The SMILES string of the molecule is CCCC1=NN2C(=N)/C(=C\c3cc(C)n(-c4ccc(Cl)c(Cl)c4)c3C)C(=O)N=C2S1. The summed E-state index contributed by atoms with van der Waals surface area (Å²) in [5, 5.41) is 16.7. The van der Waals surface area contributed by atoms with Gasteiger partial charge < -0.3 is 4.57 Å². The zero-order valence-electron chi connectivity index (χ0n) is 16.7. The van der Waals surface area contributed by atoms with Crippen molar-refractivity contribution >= 4 is 63.0 Å². The first kappa shape index (κ1) is 20.9. The van der Waals surface area contributed by atoms with E-state index in [4.69, 9.17) is 28.6 Å². The number of benzene rings is 1. The first-order chi connectivity index (χ1) is 14.3. The summed E-state index contributed by atoms with van der Waals surface area (Å²) in [6, 6.07) is 7.41. The van der Waals surface area contributed by atoms with E-state index in [2.05, 4.69) is 17.0 Å². The maximum Gasteiger partial charge on any atom is 0.283 e. The summed E-state index contributed by atoms with van der Waals surface area (Å²) >= 11 is 13.6. The second kappa shape index (κ2) is 8.06. The van der Waals surface area contributed by atoms with E-state index in [-0.39, 0.29) is 11.4 Å². The van der Waals surface area contributed by atoms with E-state index >= 15 is 0 Å². The zero-order valence-corrected chi connectivity index (χ0v) is 19.0. The highest BCUT2D eigenvalue weighted by atomic mass is 35.5. The zero-order chi connectivity index (χ0) is 21.6. The number of aliphatic imine (C=N–C) groups is 1. The van der Waals surface area contributed by atoms with Crippen molar-refractivity contribution in [3.63, 3.8) is 0 Å². The van der Waals surface area contributed by atoms with Gasteiger partial charge in [-0.1, -0.05) is 30.1 Å². The lowest BCUT2D eigenvalue weighted by atomic mass is 10.1. The number of carbonyl (C=O) groups excluding carboxylic acids is 1. The molecule has 0 radical (unpaired) electrons. The Hall–Kier alpha value is -2.35. The van der Waals surface area contributed by atoms with Gasteiger partial charge in [0, 0.05) is 17.1 Å². The number of fused-ring (bicyclic) bond motifs is 1. The van der Waals surface area contributed by atoms with Gasteiger partial charge in [0.25, 0.3) is 5.91 Å². The molecule has 154 valence electrons. The van der Waals surface area contributed by atoms with Gasteiger partial charge in [0.1, 0.15) is 5.04 Å². The lowest BCUT2D eigenvalue weighted by Gasteiger charge is -2.20. The number of rotatable bonds is 4. The van der Waals surface area contributed by atoms with E-state index in [0.29, 0.717) is 15.2 Å². The Balaban J connectivity index is 1.73. The van der Waals surface area contributed by atoms with Crippen LogP contribution in [0.15, 0.2) is 39.9 Å². The molecular formula is C21H19Cl2N5OS. The minimum absolute atomic E-state index is 0.0444. The number of carbonyl (C=O) groups is 1. The molecule has 0 aliphatic carbocycles. The van der Waals surface area contributed by atoms with Crippen molar-refractivity contribution in [1.82, 2.24) is 9.58 Å². The van der Waals surface area contributed by atoms with Crippen LogP contribution < -0.4 is 0 Å². The molecule has 2 aliphatic rings. The number of aryl methyl sites for hydroxylation is 1. The maximum atomic E-state index is 12.6. The van der Waals surface area contributed by atoms with Crippen LogP contribution in [0, 0.1) is 19.3 Å². The van der Waals surface area contributed by atoms with Crippen molar-refractivity contribution in [2.24, 2.45) is 10.1 Å². The van der Waals surface area contributed by atoms with E-state index in [0.717, 1.165) is 40.5 Å². The molecule has 1 aromatic heterocycles. The Morgan fingerprint density at radius 3 is 2.67 bits per heavy atom. The van der Waals surface area contributed by atoms with Crippen LogP contribution in [0.5, 0.6) is 0 Å². The molecule has 2 aromatic rings. The summed E-state index contributed by atoms with van der Waals surface area (Å²) in [7, 11) is 0. The largest absolute Gasteiger partial charge is 0.318 e. The summed E-state index contributed by atoms with van der Waals surface area (Å²) < 4.78 is 2.03. The van der Waals surface area contributed by atoms with E-state index in [1.165, 1.54) is 16.8 Å². The second-order valence-electron chi connectivity index (χ2n) is 7.02. The first-order valence-corrected chi connectivity index (χ1v) is 11.0. The summed E-state index contributed by atoms with van der Waals surface area (Å²) in [5.41, 5.74) is 3.81. The van der Waals surface area contributed by atoms with Crippen LogP contribution in [0.2, 0.25) is 10.0 Å². The van der Waals surface area contributed by atoms with Gasteiger partial charge in [-0.15, -0.1) is 0 Å². The normalized spacial score (nSPS) is 17.5. The Morgan fingerprint density at radius 2 is 1.97 bits per heavy atom. The van der Waals surface area contributed by atoms with Gasteiger partial charge in [0.2, 0.25) is 5.17 Å². The summed E-state index contributed by atoms with van der Waals surface area (Å²) in [4.78, 5) is 16.8. The Morgan fingerprint density at radius 1 is 1.20 bits per heavy atom. The van der Waals surface area contributed by atoms with Gasteiger partial charge in [0.05, 0.1) is 15.6 Å². The topological polar surface area (TPSA) is 73.8 Å². The van der Waals surface area contributed by atoms with Gasteiger partial charge in [-0.05, 0) is 74.4 Å². The summed E-state index contributed by atoms with van der Waals surface area (Å²) in [6.45, 7) is 5.99. The van der Waals surface area contributed by atoms with Crippen molar-refractivity contribution in [1.29, 1.82) is 5.41 Å². The Labute approximate surface area is 188 Å². The number of nitrogens with one attached hydrogen (secondary N) is 1. The van der Waals surface area contributed by atoms with Crippen LogP contribution in [0.25, 0.3) is 11.8 Å². The molecule has 1 amide bonds. The molecule has 1 N–H and O–H groups in total. The number of nitrogens with zero attached hydrogens (tertiary/aromatic N) is 4. The number of aromatic nitrogens is 1. The quantitative estimate of drug-likeness (QED) is 0.585. The third-order valence-corrected chi connectivity index (χ3v) is 6.60. The minimum Gasteiger partial charge on any atom is -0.318 e. The molecule has 2 aliphatic heterocycles. The number of amides is 1. The van der Waals surface area contributed by atoms with Gasteiger partial charge in [-0.2, -0.15) is 15.1 Å². The smallest absolute Gasteiger partial charge is 0.283 e. The highest BCUT2D eigenvalue weighted by molar-refractivity contribution is 8.26. The predicted octanol–water partition coefficient (Wildman–Crippen LogP) is 5.82. The molecule has 0 unspecified atom stereocenters.